The topological polar surface area (TPSA) is 35.5 Å². The van der Waals surface area contributed by atoms with Gasteiger partial charge in [-0.1, -0.05) is 18.2 Å². The average molecular weight is 200 g/mol. The number of benzene rings is 1. The van der Waals surface area contributed by atoms with Gasteiger partial charge in [-0.2, -0.15) is 0 Å². The molecule has 2 aliphatic heterocycles. The van der Waals surface area contributed by atoms with Crippen molar-refractivity contribution >= 4 is 11.3 Å². The Balaban J connectivity index is 0.000000343. The van der Waals surface area contributed by atoms with Gasteiger partial charge in [0.05, 0.1) is 23.8 Å². The first kappa shape index (κ1) is 8.56. The molecule has 4 bridgehead atoms. The highest BCUT2D eigenvalue weighted by Crippen LogP contribution is 2.49. The summed E-state index contributed by atoms with van der Waals surface area (Å²) in [5, 5.41) is 10.4. The number of hydrogen-bond acceptors (Lipinski definition) is 3. The van der Waals surface area contributed by atoms with Crippen LogP contribution in [-0.2, 0) is 0 Å². The van der Waals surface area contributed by atoms with Crippen LogP contribution in [0.5, 0.6) is 0 Å². The maximum atomic E-state index is 7.00. The van der Waals surface area contributed by atoms with Crippen LogP contribution in [-0.4, -0.2) is 18.9 Å². The summed E-state index contributed by atoms with van der Waals surface area (Å²) in [6, 6.07) is 8.58. The van der Waals surface area contributed by atoms with E-state index < -0.39 is 0 Å². The van der Waals surface area contributed by atoms with E-state index in [9.17, 15) is 0 Å². The van der Waals surface area contributed by atoms with Crippen molar-refractivity contribution in [2.45, 2.75) is 0 Å². The Morgan fingerprint density at radius 1 is 1.27 bits per heavy atom. The first-order valence-corrected chi connectivity index (χ1v) is 4.97. The largest absolute Gasteiger partial charge is 0.400 e. The fourth-order valence-corrected chi connectivity index (χ4v) is 2.35. The van der Waals surface area contributed by atoms with Gasteiger partial charge in [-0.05, 0) is 12.1 Å². The Labute approximate surface area is 88.3 Å². The standard InChI is InChI=1S/C11H8N2.CH4O/c1-2-4-9-7(3-1)8-5-10-11(8)12-6-13(9)10;1-2/h1-5,12H,6H2;2H,1H3. The van der Waals surface area contributed by atoms with Gasteiger partial charge in [-0.3, -0.25) is 0 Å². The molecule has 0 atom stereocenters. The molecule has 0 saturated heterocycles. The summed E-state index contributed by atoms with van der Waals surface area (Å²) in [6.45, 7) is 0.932. The highest BCUT2D eigenvalue weighted by Gasteiger charge is 2.38. The average Bonchev–Trinajstić information content (AvgIpc) is 2.55. The molecule has 0 unspecified atom stereocenters. The lowest BCUT2D eigenvalue weighted by Crippen LogP contribution is -2.25. The van der Waals surface area contributed by atoms with Gasteiger partial charge in [0.15, 0.2) is 0 Å². The molecule has 2 heterocycles. The molecule has 3 nitrogen and oxygen atoms in total. The molecule has 4 rings (SSSR count). The molecule has 1 aliphatic carbocycles. The number of anilines is 1. The molecule has 3 heteroatoms. The number of nitrogens with one attached hydrogen (secondary N) is 1. The minimum Gasteiger partial charge on any atom is -0.400 e. The third kappa shape index (κ3) is 0.882. The Morgan fingerprint density at radius 2 is 2.07 bits per heavy atom. The molecule has 1 aromatic rings. The Kier molecular flexibility index (Phi) is 1.64. The Hall–Kier alpha value is -1.74. The SMILES string of the molecule is C1=C2C3=C1N(CN3)c1ccccc12.CO. The minimum atomic E-state index is 0.932. The highest BCUT2D eigenvalue weighted by molar-refractivity contribution is 6.00. The van der Waals surface area contributed by atoms with Crippen molar-refractivity contribution in [1.29, 1.82) is 0 Å². The predicted octanol–water partition coefficient (Wildman–Crippen LogP) is 1.28. The fourth-order valence-electron chi connectivity index (χ4n) is 2.35. The third-order valence-electron chi connectivity index (χ3n) is 3.00. The molecule has 0 amide bonds. The van der Waals surface area contributed by atoms with Crippen molar-refractivity contribution in [2.75, 3.05) is 18.7 Å². The van der Waals surface area contributed by atoms with Crippen LogP contribution in [0.25, 0.3) is 5.57 Å². The van der Waals surface area contributed by atoms with Crippen molar-refractivity contribution < 1.29 is 5.11 Å². The summed E-state index contributed by atoms with van der Waals surface area (Å²) in [5.74, 6) is 0. The van der Waals surface area contributed by atoms with Crippen molar-refractivity contribution in [3.05, 3.63) is 47.3 Å². The molecule has 3 aliphatic rings. The molecule has 0 saturated carbocycles. The van der Waals surface area contributed by atoms with E-state index in [1.54, 1.807) is 0 Å². The van der Waals surface area contributed by atoms with Crippen molar-refractivity contribution in [2.24, 2.45) is 0 Å². The van der Waals surface area contributed by atoms with Crippen molar-refractivity contribution in [3.63, 3.8) is 0 Å². The molecule has 0 aromatic heterocycles. The zero-order chi connectivity index (χ0) is 10.4. The summed E-state index contributed by atoms with van der Waals surface area (Å²) >= 11 is 0. The third-order valence-corrected chi connectivity index (χ3v) is 3.00. The van der Waals surface area contributed by atoms with E-state index >= 15 is 0 Å². The Bertz CT molecular complexity index is 488. The number of allylic oxidation sites excluding steroid dienone is 2. The lowest BCUT2D eigenvalue weighted by molar-refractivity contribution is 0.399. The number of aliphatic hydroxyl groups is 1. The van der Waals surface area contributed by atoms with Gasteiger partial charge >= 0.3 is 0 Å². The summed E-state index contributed by atoms with van der Waals surface area (Å²) in [5.41, 5.74) is 6.83. The number of aliphatic hydroxyl groups excluding tert-OH is 1. The van der Waals surface area contributed by atoms with Crippen LogP contribution in [0.1, 0.15) is 5.56 Å². The molecule has 0 spiro atoms. The van der Waals surface area contributed by atoms with E-state index in [1.807, 2.05) is 0 Å². The molecule has 2 N–H and O–H groups in total. The maximum Gasteiger partial charge on any atom is 0.0927 e. The van der Waals surface area contributed by atoms with Crippen LogP contribution in [0.3, 0.4) is 0 Å². The van der Waals surface area contributed by atoms with E-state index in [4.69, 9.17) is 5.11 Å². The molecule has 0 fully saturated rings. The monoisotopic (exact) mass is 200 g/mol. The van der Waals surface area contributed by atoms with Crippen LogP contribution >= 0.6 is 0 Å². The van der Waals surface area contributed by atoms with Crippen LogP contribution in [0.15, 0.2) is 41.7 Å². The molecular weight excluding hydrogens is 188 g/mol. The summed E-state index contributed by atoms with van der Waals surface area (Å²) in [7, 11) is 1.00. The van der Waals surface area contributed by atoms with Gasteiger partial charge in [0.25, 0.3) is 0 Å². The van der Waals surface area contributed by atoms with Gasteiger partial charge in [-0.15, -0.1) is 0 Å². The smallest absolute Gasteiger partial charge is 0.0927 e. The number of para-hydroxylation sites is 1. The summed E-state index contributed by atoms with van der Waals surface area (Å²) < 4.78 is 0. The lowest BCUT2D eigenvalue weighted by Gasteiger charge is -2.32. The van der Waals surface area contributed by atoms with Gasteiger partial charge < -0.3 is 15.3 Å². The number of hydrogen-bond donors (Lipinski definition) is 2. The van der Waals surface area contributed by atoms with Gasteiger partial charge in [0.2, 0.25) is 0 Å². The van der Waals surface area contributed by atoms with E-state index in [-0.39, 0.29) is 0 Å². The molecule has 76 valence electrons. The fraction of sp³-hybridized carbons (Fsp3) is 0.167. The van der Waals surface area contributed by atoms with Gasteiger partial charge in [-0.25, -0.2) is 0 Å². The maximum absolute atomic E-state index is 7.00. The van der Waals surface area contributed by atoms with E-state index in [1.165, 1.54) is 28.2 Å². The molecular formula is C12H12N2O. The second kappa shape index (κ2) is 2.87. The summed E-state index contributed by atoms with van der Waals surface area (Å²) in [4.78, 5) is 2.33. The number of fused-ring (bicyclic) bond motifs is 3. The molecule has 15 heavy (non-hydrogen) atoms. The summed E-state index contributed by atoms with van der Waals surface area (Å²) in [6.07, 6.45) is 2.26. The van der Waals surface area contributed by atoms with Gasteiger partial charge in [0.1, 0.15) is 0 Å². The first-order valence-electron chi connectivity index (χ1n) is 4.97. The van der Waals surface area contributed by atoms with Crippen LogP contribution in [0.2, 0.25) is 0 Å². The number of nitrogens with zero attached hydrogens (tertiary/aromatic N) is 1. The van der Waals surface area contributed by atoms with Crippen molar-refractivity contribution in [3.8, 4) is 0 Å². The van der Waals surface area contributed by atoms with Crippen LogP contribution in [0.4, 0.5) is 5.69 Å². The normalized spacial score (nSPS) is 18.3. The van der Waals surface area contributed by atoms with E-state index in [0.717, 1.165) is 13.8 Å². The zero-order valence-electron chi connectivity index (χ0n) is 8.49. The number of rotatable bonds is 0. The lowest BCUT2D eigenvalue weighted by atomic mass is 9.88. The quantitative estimate of drug-likeness (QED) is 0.662. The highest BCUT2D eigenvalue weighted by atomic mass is 16.2. The minimum absolute atomic E-state index is 0.932. The van der Waals surface area contributed by atoms with Gasteiger partial charge in [0, 0.05) is 18.2 Å². The van der Waals surface area contributed by atoms with E-state index in [0.29, 0.717) is 0 Å². The molecule has 0 radical (unpaired) electrons. The van der Waals surface area contributed by atoms with Crippen LogP contribution < -0.4 is 10.2 Å². The van der Waals surface area contributed by atoms with E-state index in [2.05, 4.69) is 40.6 Å². The van der Waals surface area contributed by atoms with Crippen LogP contribution in [0, 0.1) is 0 Å². The second-order valence-electron chi connectivity index (χ2n) is 3.60. The Morgan fingerprint density at radius 3 is 2.93 bits per heavy atom. The van der Waals surface area contributed by atoms with Crippen molar-refractivity contribution in [1.82, 2.24) is 5.32 Å². The molecule has 1 aromatic carbocycles. The second-order valence-corrected chi connectivity index (χ2v) is 3.60. The predicted molar refractivity (Wildman–Crippen MR) is 60.1 cm³/mol. The first-order chi connectivity index (χ1) is 7.45. The zero-order valence-corrected chi connectivity index (χ0v) is 8.49.